The zero-order valence-corrected chi connectivity index (χ0v) is 6.05. The minimum Gasteiger partial charge on any atom is -0.375 e. The average molecular weight is 151 g/mol. The zero-order chi connectivity index (χ0) is 5.28. The number of aryl methyl sites for hydroxylation is 1. The van der Waals surface area contributed by atoms with Gasteiger partial charge in [-0.15, -0.1) is 23.7 Å². The van der Waals surface area contributed by atoms with Crippen LogP contribution in [0, 0.1) is 6.92 Å². The van der Waals surface area contributed by atoms with Gasteiger partial charge in [0.2, 0.25) is 0 Å². The fourth-order valence-electron chi connectivity index (χ4n) is 0.372. The van der Waals surface area contributed by atoms with Crippen molar-refractivity contribution >= 4 is 28.9 Å². The Balaban J connectivity index is 0.000000490. The lowest BCUT2D eigenvalue weighted by Crippen LogP contribution is -1.77. The van der Waals surface area contributed by atoms with Crippen LogP contribution in [-0.2, 0) is 0 Å². The molecule has 0 unspecified atom stereocenters. The van der Waals surface area contributed by atoms with Crippen molar-refractivity contribution in [3.05, 3.63) is 11.1 Å². The van der Waals surface area contributed by atoms with Gasteiger partial charge in [-0.2, -0.15) is 0 Å². The fourth-order valence-corrected chi connectivity index (χ4v) is 0.913. The summed E-state index contributed by atoms with van der Waals surface area (Å²) in [7, 11) is 0. The third kappa shape index (κ3) is 1.68. The maximum absolute atomic E-state index is 5.29. The second-order valence-electron chi connectivity index (χ2n) is 1.31. The molecule has 1 heterocycles. The van der Waals surface area contributed by atoms with Gasteiger partial charge in [-0.1, -0.05) is 0 Å². The topological polar surface area (TPSA) is 38.9 Å². The van der Waals surface area contributed by atoms with Crippen molar-refractivity contribution in [2.24, 2.45) is 0 Å². The number of halogens is 1. The second kappa shape index (κ2) is 2.89. The molecule has 0 aliphatic rings. The smallest absolute Gasteiger partial charge is 0.180 e. The number of anilines is 1. The molecule has 2 nitrogen and oxygen atoms in total. The van der Waals surface area contributed by atoms with Gasteiger partial charge in [-0.05, 0) is 6.92 Å². The van der Waals surface area contributed by atoms with Crippen molar-refractivity contribution in [2.45, 2.75) is 6.92 Å². The Labute approximate surface area is 58.1 Å². The summed E-state index contributed by atoms with van der Waals surface area (Å²) < 4.78 is 0. The normalized spacial score (nSPS) is 8.12. The highest BCUT2D eigenvalue weighted by Crippen LogP contribution is 2.11. The van der Waals surface area contributed by atoms with Gasteiger partial charge in [-0.3, -0.25) is 0 Å². The van der Waals surface area contributed by atoms with Crippen LogP contribution < -0.4 is 5.73 Å². The first-order chi connectivity index (χ1) is 3.29. The zero-order valence-electron chi connectivity index (χ0n) is 4.42. The highest BCUT2D eigenvalue weighted by molar-refractivity contribution is 7.15. The molecule has 0 amide bonds. The number of aromatic nitrogens is 1. The van der Waals surface area contributed by atoms with Gasteiger partial charge in [-0.25, -0.2) is 4.98 Å². The van der Waals surface area contributed by atoms with E-state index in [1.807, 2.05) is 6.92 Å². The van der Waals surface area contributed by atoms with Crippen molar-refractivity contribution in [1.82, 2.24) is 4.98 Å². The highest BCUT2D eigenvalue weighted by Gasteiger charge is 1.86. The van der Waals surface area contributed by atoms with E-state index in [0.717, 1.165) is 4.88 Å². The van der Waals surface area contributed by atoms with Crippen molar-refractivity contribution in [2.75, 3.05) is 5.73 Å². The third-order valence-corrected chi connectivity index (χ3v) is 1.38. The minimum atomic E-state index is 0. The van der Waals surface area contributed by atoms with Crippen molar-refractivity contribution in [3.63, 3.8) is 0 Å². The molecule has 0 spiro atoms. The molecule has 0 radical (unpaired) electrons. The summed E-state index contributed by atoms with van der Waals surface area (Å²) in [5.41, 5.74) is 5.29. The van der Waals surface area contributed by atoms with E-state index in [-0.39, 0.29) is 12.4 Å². The van der Waals surface area contributed by atoms with Crippen LogP contribution >= 0.6 is 23.7 Å². The van der Waals surface area contributed by atoms with Crippen LogP contribution in [0.2, 0.25) is 0 Å². The van der Waals surface area contributed by atoms with Gasteiger partial charge in [0.25, 0.3) is 0 Å². The monoisotopic (exact) mass is 150 g/mol. The molecule has 46 valence electrons. The molecule has 0 aromatic carbocycles. The number of nitrogens with zero attached hydrogens (tertiary/aromatic N) is 1. The summed E-state index contributed by atoms with van der Waals surface area (Å²) in [6.45, 7) is 1.98. The minimum absolute atomic E-state index is 0. The Kier molecular flexibility index (Phi) is 2.79. The van der Waals surface area contributed by atoms with Gasteiger partial charge in [0, 0.05) is 11.1 Å². The third-order valence-electron chi connectivity index (χ3n) is 0.639. The lowest BCUT2D eigenvalue weighted by molar-refractivity contribution is 1.39. The van der Waals surface area contributed by atoms with Gasteiger partial charge in [0.1, 0.15) is 0 Å². The maximum Gasteiger partial charge on any atom is 0.180 e. The molecular formula is C4H7ClN2S. The van der Waals surface area contributed by atoms with Gasteiger partial charge in [0.05, 0.1) is 0 Å². The Morgan fingerprint density at radius 3 is 2.50 bits per heavy atom. The lowest BCUT2D eigenvalue weighted by atomic mass is 10.7. The van der Waals surface area contributed by atoms with E-state index < -0.39 is 0 Å². The van der Waals surface area contributed by atoms with E-state index in [1.165, 1.54) is 11.3 Å². The van der Waals surface area contributed by atoms with E-state index in [0.29, 0.717) is 5.13 Å². The van der Waals surface area contributed by atoms with Crippen LogP contribution in [0.3, 0.4) is 0 Å². The Morgan fingerprint density at radius 2 is 2.38 bits per heavy atom. The molecule has 0 bridgehead atoms. The summed E-state index contributed by atoms with van der Waals surface area (Å²) in [6, 6.07) is 0. The molecule has 0 atom stereocenters. The molecule has 0 aliphatic carbocycles. The summed E-state index contributed by atoms with van der Waals surface area (Å²) in [5.74, 6) is 0. The van der Waals surface area contributed by atoms with Crippen LogP contribution in [-0.4, -0.2) is 4.98 Å². The maximum atomic E-state index is 5.29. The number of nitrogen functional groups attached to an aromatic ring is 1. The number of hydrogen-bond acceptors (Lipinski definition) is 3. The van der Waals surface area contributed by atoms with Crippen LogP contribution in [0.1, 0.15) is 4.88 Å². The SMILES string of the molecule is Cc1cnc(N)s1.Cl. The standard InChI is InChI=1S/C4H6N2S.ClH/c1-3-2-6-4(5)7-3;/h2H,1H3,(H2,5,6);1H. The molecule has 1 rings (SSSR count). The van der Waals surface area contributed by atoms with Crippen molar-refractivity contribution < 1.29 is 0 Å². The van der Waals surface area contributed by atoms with Crippen LogP contribution in [0.5, 0.6) is 0 Å². The molecule has 4 heteroatoms. The molecule has 8 heavy (non-hydrogen) atoms. The first kappa shape index (κ1) is 7.72. The molecule has 0 fully saturated rings. The Morgan fingerprint density at radius 1 is 1.75 bits per heavy atom. The predicted octanol–water partition coefficient (Wildman–Crippen LogP) is 1.46. The van der Waals surface area contributed by atoms with E-state index in [4.69, 9.17) is 5.73 Å². The summed E-state index contributed by atoms with van der Waals surface area (Å²) in [4.78, 5) is 4.98. The summed E-state index contributed by atoms with van der Waals surface area (Å²) in [5, 5.41) is 0.650. The number of thiazole rings is 1. The molecule has 0 saturated heterocycles. The van der Waals surface area contributed by atoms with Crippen molar-refractivity contribution in [3.8, 4) is 0 Å². The average Bonchev–Trinajstić information content (AvgIpc) is 1.87. The van der Waals surface area contributed by atoms with Crippen LogP contribution in [0.15, 0.2) is 6.20 Å². The first-order valence-corrected chi connectivity index (χ1v) is 2.78. The molecule has 1 aromatic rings. The molecule has 0 saturated carbocycles. The molecule has 2 N–H and O–H groups in total. The second-order valence-corrected chi connectivity index (χ2v) is 2.58. The first-order valence-electron chi connectivity index (χ1n) is 1.97. The van der Waals surface area contributed by atoms with E-state index in [1.54, 1.807) is 6.20 Å². The fraction of sp³-hybridized carbons (Fsp3) is 0.250. The van der Waals surface area contributed by atoms with E-state index in [2.05, 4.69) is 4.98 Å². The summed E-state index contributed by atoms with van der Waals surface area (Å²) >= 11 is 1.51. The molecule has 0 aliphatic heterocycles. The number of nitrogens with two attached hydrogens (primary N) is 1. The predicted molar refractivity (Wildman–Crippen MR) is 38.5 cm³/mol. The Hall–Kier alpha value is -0.280. The molecular weight excluding hydrogens is 144 g/mol. The highest BCUT2D eigenvalue weighted by atomic mass is 35.5. The number of rotatable bonds is 0. The largest absolute Gasteiger partial charge is 0.375 e. The molecule has 1 aromatic heterocycles. The van der Waals surface area contributed by atoms with E-state index >= 15 is 0 Å². The van der Waals surface area contributed by atoms with Gasteiger partial charge in [0.15, 0.2) is 5.13 Å². The van der Waals surface area contributed by atoms with Crippen LogP contribution in [0.25, 0.3) is 0 Å². The quantitative estimate of drug-likeness (QED) is 0.608. The lowest BCUT2D eigenvalue weighted by Gasteiger charge is -1.70. The summed E-state index contributed by atoms with van der Waals surface area (Å²) in [6.07, 6.45) is 1.76. The Bertz CT molecular complexity index is 146. The van der Waals surface area contributed by atoms with Gasteiger partial charge < -0.3 is 5.73 Å². The van der Waals surface area contributed by atoms with Crippen LogP contribution in [0.4, 0.5) is 5.13 Å². The van der Waals surface area contributed by atoms with E-state index in [9.17, 15) is 0 Å². The number of hydrogen-bond donors (Lipinski definition) is 1. The van der Waals surface area contributed by atoms with Gasteiger partial charge >= 0.3 is 0 Å². The van der Waals surface area contributed by atoms with Crippen molar-refractivity contribution in [1.29, 1.82) is 0 Å².